The summed E-state index contributed by atoms with van der Waals surface area (Å²) in [7, 11) is 3.51. The molecule has 2 amide bonds. The van der Waals surface area contributed by atoms with Crippen LogP contribution in [0.3, 0.4) is 0 Å². The number of pyridine rings is 1. The molecule has 0 saturated carbocycles. The largest absolute Gasteiger partial charge is 0.349 e. The van der Waals surface area contributed by atoms with Gasteiger partial charge in [-0.3, -0.25) is 14.6 Å². The summed E-state index contributed by atoms with van der Waals surface area (Å²) in [6.07, 6.45) is 2.84. The number of carbonyl (C=O) groups is 2. The third kappa shape index (κ3) is 3.08. The molecule has 0 unspecified atom stereocenters. The number of amides is 2. The minimum absolute atomic E-state index is 0.0189. The fourth-order valence-corrected chi connectivity index (χ4v) is 2.69. The fourth-order valence-electron chi connectivity index (χ4n) is 2.69. The van der Waals surface area contributed by atoms with Gasteiger partial charge in [-0.1, -0.05) is 12.1 Å². The van der Waals surface area contributed by atoms with Crippen molar-refractivity contribution in [1.29, 1.82) is 0 Å². The first kappa shape index (κ1) is 15.2. The van der Waals surface area contributed by atoms with E-state index < -0.39 is 0 Å². The van der Waals surface area contributed by atoms with E-state index in [4.69, 9.17) is 0 Å². The van der Waals surface area contributed by atoms with E-state index in [0.717, 1.165) is 16.9 Å². The first-order chi connectivity index (χ1) is 11.1. The van der Waals surface area contributed by atoms with E-state index >= 15 is 0 Å². The first-order valence-electron chi connectivity index (χ1n) is 7.61. The molecule has 0 radical (unpaired) electrons. The molecular formula is C18H19N3O2. The highest BCUT2D eigenvalue weighted by Crippen LogP contribution is 2.27. The predicted molar refractivity (Wildman–Crippen MR) is 88.2 cm³/mol. The average Bonchev–Trinajstić information content (AvgIpc) is 2.90. The van der Waals surface area contributed by atoms with Crippen molar-refractivity contribution in [2.24, 2.45) is 0 Å². The van der Waals surface area contributed by atoms with E-state index in [1.807, 2.05) is 30.3 Å². The lowest BCUT2D eigenvalue weighted by molar-refractivity contribution is -0.128. The lowest BCUT2D eigenvalue weighted by Gasteiger charge is -2.17. The van der Waals surface area contributed by atoms with Gasteiger partial charge >= 0.3 is 0 Å². The molecule has 5 heteroatoms. The number of aryl methyl sites for hydroxylation is 1. The molecule has 0 fully saturated rings. The highest BCUT2D eigenvalue weighted by atomic mass is 16.2. The number of hydrogen-bond donors (Lipinski definition) is 0. The number of aromatic nitrogens is 1. The van der Waals surface area contributed by atoms with Crippen LogP contribution in [0.15, 0.2) is 42.6 Å². The topological polar surface area (TPSA) is 53.5 Å². The zero-order chi connectivity index (χ0) is 16.4. The Morgan fingerprint density at radius 3 is 2.83 bits per heavy atom. The standard InChI is InChI=1S/C18H19N3O2/c1-20(2)17(22)9-8-13-5-3-6-14(11-13)21-12-16-15(18(21)23)7-4-10-19-16/h3-7,10-11H,8-9,12H2,1-2H3. The van der Waals surface area contributed by atoms with Gasteiger partial charge in [-0.2, -0.15) is 0 Å². The fraction of sp³-hybridized carbons (Fsp3) is 0.278. The van der Waals surface area contributed by atoms with Gasteiger partial charge in [0.15, 0.2) is 0 Å². The molecule has 0 atom stereocenters. The van der Waals surface area contributed by atoms with Crippen molar-refractivity contribution in [3.05, 3.63) is 59.4 Å². The molecule has 0 saturated heterocycles. The van der Waals surface area contributed by atoms with Crippen LogP contribution in [0.5, 0.6) is 0 Å². The van der Waals surface area contributed by atoms with Crippen LogP contribution >= 0.6 is 0 Å². The van der Waals surface area contributed by atoms with Crippen molar-refractivity contribution >= 4 is 17.5 Å². The molecule has 1 aromatic carbocycles. The molecule has 1 aromatic heterocycles. The Labute approximate surface area is 135 Å². The zero-order valence-corrected chi connectivity index (χ0v) is 13.3. The molecule has 23 heavy (non-hydrogen) atoms. The summed E-state index contributed by atoms with van der Waals surface area (Å²) in [6.45, 7) is 0.495. The SMILES string of the molecule is CN(C)C(=O)CCc1cccc(N2Cc3ncccc3C2=O)c1. The molecule has 118 valence electrons. The van der Waals surface area contributed by atoms with E-state index in [1.54, 1.807) is 36.2 Å². The second kappa shape index (κ2) is 6.20. The molecule has 0 N–H and O–H groups in total. The lowest BCUT2D eigenvalue weighted by Crippen LogP contribution is -2.23. The second-order valence-electron chi connectivity index (χ2n) is 5.85. The third-order valence-corrected chi connectivity index (χ3v) is 4.02. The molecule has 5 nitrogen and oxygen atoms in total. The van der Waals surface area contributed by atoms with Crippen LogP contribution < -0.4 is 4.90 Å². The van der Waals surface area contributed by atoms with E-state index in [9.17, 15) is 9.59 Å². The smallest absolute Gasteiger partial charge is 0.260 e. The number of rotatable bonds is 4. The van der Waals surface area contributed by atoms with Crippen LogP contribution in [0, 0.1) is 0 Å². The van der Waals surface area contributed by atoms with Gasteiger partial charge in [-0.05, 0) is 36.2 Å². The molecule has 3 rings (SSSR count). The number of fused-ring (bicyclic) bond motifs is 1. The van der Waals surface area contributed by atoms with Gasteiger partial charge in [0.1, 0.15) is 0 Å². The number of hydrogen-bond acceptors (Lipinski definition) is 3. The van der Waals surface area contributed by atoms with Crippen LogP contribution in [0.1, 0.15) is 28.0 Å². The summed E-state index contributed by atoms with van der Waals surface area (Å²) in [5.41, 5.74) is 3.38. The number of nitrogens with zero attached hydrogens (tertiary/aromatic N) is 3. The van der Waals surface area contributed by atoms with Crippen LogP contribution in [0.4, 0.5) is 5.69 Å². The molecule has 1 aliphatic rings. The maximum absolute atomic E-state index is 12.5. The molecule has 2 aromatic rings. The highest BCUT2D eigenvalue weighted by Gasteiger charge is 2.29. The van der Waals surface area contributed by atoms with Crippen molar-refractivity contribution in [1.82, 2.24) is 9.88 Å². The maximum Gasteiger partial charge on any atom is 0.260 e. The summed E-state index contributed by atoms with van der Waals surface area (Å²) in [4.78, 5) is 31.8. The van der Waals surface area contributed by atoms with Crippen molar-refractivity contribution in [2.45, 2.75) is 19.4 Å². The third-order valence-electron chi connectivity index (χ3n) is 4.02. The van der Waals surface area contributed by atoms with Crippen molar-refractivity contribution in [3.8, 4) is 0 Å². The van der Waals surface area contributed by atoms with Crippen molar-refractivity contribution < 1.29 is 9.59 Å². The van der Waals surface area contributed by atoms with E-state index in [-0.39, 0.29) is 11.8 Å². The highest BCUT2D eigenvalue weighted by molar-refractivity contribution is 6.09. The lowest BCUT2D eigenvalue weighted by atomic mass is 10.1. The molecular weight excluding hydrogens is 290 g/mol. The minimum atomic E-state index is -0.0189. The van der Waals surface area contributed by atoms with Gasteiger partial charge in [0.25, 0.3) is 5.91 Å². The van der Waals surface area contributed by atoms with Gasteiger partial charge in [0.2, 0.25) is 5.91 Å². The molecule has 2 heterocycles. The van der Waals surface area contributed by atoms with Crippen molar-refractivity contribution in [3.63, 3.8) is 0 Å². The van der Waals surface area contributed by atoms with Gasteiger partial charge in [-0.25, -0.2) is 0 Å². The van der Waals surface area contributed by atoms with E-state index in [2.05, 4.69) is 4.98 Å². The van der Waals surface area contributed by atoms with Crippen molar-refractivity contribution in [2.75, 3.05) is 19.0 Å². The number of anilines is 1. The molecule has 1 aliphatic heterocycles. The van der Waals surface area contributed by atoms with Gasteiger partial charge in [-0.15, -0.1) is 0 Å². The van der Waals surface area contributed by atoms with Crippen LogP contribution in [-0.4, -0.2) is 35.8 Å². The van der Waals surface area contributed by atoms with Gasteiger partial charge in [0, 0.05) is 32.4 Å². The maximum atomic E-state index is 12.5. The number of benzene rings is 1. The van der Waals surface area contributed by atoms with Crippen LogP contribution in [0.2, 0.25) is 0 Å². The van der Waals surface area contributed by atoms with Gasteiger partial charge < -0.3 is 9.80 Å². The normalized spacial score (nSPS) is 13.1. The van der Waals surface area contributed by atoms with E-state index in [1.165, 1.54) is 0 Å². The summed E-state index contributed by atoms with van der Waals surface area (Å²) in [6, 6.07) is 11.4. The first-order valence-corrected chi connectivity index (χ1v) is 7.61. The molecule has 0 aliphatic carbocycles. The summed E-state index contributed by atoms with van der Waals surface area (Å²) >= 11 is 0. The summed E-state index contributed by atoms with van der Waals surface area (Å²) < 4.78 is 0. The van der Waals surface area contributed by atoms with Gasteiger partial charge in [0.05, 0.1) is 17.8 Å². The Hall–Kier alpha value is -2.69. The summed E-state index contributed by atoms with van der Waals surface area (Å²) in [5.74, 6) is 0.0823. The van der Waals surface area contributed by atoms with E-state index in [0.29, 0.717) is 24.9 Å². The van der Waals surface area contributed by atoms with Crippen LogP contribution in [0.25, 0.3) is 0 Å². The molecule has 0 bridgehead atoms. The quantitative estimate of drug-likeness (QED) is 0.870. The Bertz CT molecular complexity index is 755. The zero-order valence-electron chi connectivity index (χ0n) is 13.3. The average molecular weight is 309 g/mol. The second-order valence-corrected chi connectivity index (χ2v) is 5.85. The Morgan fingerprint density at radius 2 is 2.09 bits per heavy atom. The Morgan fingerprint density at radius 1 is 1.26 bits per heavy atom. The Kier molecular flexibility index (Phi) is 4.10. The molecule has 0 spiro atoms. The van der Waals surface area contributed by atoms with Crippen LogP contribution in [-0.2, 0) is 17.8 Å². The number of carbonyl (C=O) groups excluding carboxylic acids is 2. The summed E-state index contributed by atoms with van der Waals surface area (Å²) in [5, 5.41) is 0. The minimum Gasteiger partial charge on any atom is -0.349 e. The Balaban J connectivity index is 1.76. The monoisotopic (exact) mass is 309 g/mol. The predicted octanol–water partition coefficient (Wildman–Crippen LogP) is 2.26.